The number of nitrogens with two attached hydrogens (primary N) is 1. The van der Waals surface area contributed by atoms with E-state index in [1.54, 1.807) is 31.3 Å². The van der Waals surface area contributed by atoms with Gasteiger partial charge >= 0.3 is 5.97 Å². The molecular weight excluding hydrogens is 378 g/mol. The van der Waals surface area contributed by atoms with E-state index in [-0.39, 0.29) is 36.6 Å². The van der Waals surface area contributed by atoms with Crippen LogP contribution in [0.4, 0.5) is 0 Å². The third-order valence-electron chi connectivity index (χ3n) is 4.28. The molecule has 1 heterocycles. The van der Waals surface area contributed by atoms with E-state index >= 15 is 0 Å². The van der Waals surface area contributed by atoms with E-state index in [9.17, 15) is 14.4 Å². The molecule has 29 heavy (non-hydrogen) atoms. The number of Topliss-reactive ketones (excluding diaryl/α,β-unsaturated/α-hetero) is 1. The van der Waals surface area contributed by atoms with Gasteiger partial charge in [0.05, 0.1) is 18.2 Å². The lowest BCUT2D eigenvalue weighted by molar-refractivity contribution is -0.141. The van der Waals surface area contributed by atoms with Crippen LogP contribution in [-0.2, 0) is 24.1 Å². The lowest BCUT2D eigenvalue weighted by Gasteiger charge is -2.14. The summed E-state index contributed by atoms with van der Waals surface area (Å²) in [5.41, 5.74) is 7.88. The summed E-state index contributed by atoms with van der Waals surface area (Å²) in [6.07, 6.45) is 0.249. The van der Waals surface area contributed by atoms with Crippen molar-refractivity contribution < 1.29 is 24.1 Å². The molecule has 1 amide bonds. The highest BCUT2D eigenvalue weighted by Gasteiger charge is 2.25. The summed E-state index contributed by atoms with van der Waals surface area (Å²) in [5.74, 6) is -0.730. The number of nitrogens with one attached hydrogen (secondary N) is 2. The van der Waals surface area contributed by atoms with E-state index in [1.165, 1.54) is 13.8 Å². The first-order valence-corrected chi connectivity index (χ1v) is 9.09. The minimum Gasteiger partial charge on any atom is -0.391 e. The maximum Gasteiger partial charge on any atom is 0.332 e. The third-order valence-corrected chi connectivity index (χ3v) is 4.28. The topological polar surface area (TPSA) is 144 Å². The Morgan fingerprint density at radius 1 is 1.31 bits per heavy atom. The number of carbonyl (C=O) groups excluding carboxylic acids is 3. The number of rotatable bonds is 9. The van der Waals surface area contributed by atoms with Crippen LogP contribution in [0.5, 0.6) is 0 Å². The number of oxime groups is 2. The molecule has 10 nitrogen and oxygen atoms in total. The van der Waals surface area contributed by atoms with Gasteiger partial charge in [-0.2, -0.15) is 0 Å². The fourth-order valence-corrected chi connectivity index (χ4v) is 2.65. The van der Waals surface area contributed by atoms with Gasteiger partial charge in [-0.25, -0.2) is 4.79 Å². The van der Waals surface area contributed by atoms with Crippen molar-refractivity contribution in [2.24, 2.45) is 16.0 Å². The van der Waals surface area contributed by atoms with Crippen molar-refractivity contribution in [2.75, 3.05) is 13.6 Å². The Hall–Kier alpha value is -3.27. The number of likely N-dealkylation sites (N-methyl/N-ethyl adjacent to an activating group) is 1. The van der Waals surface area contributed by atoms with E-state index in [0.29, 0.717) is 17.7 Å². The first kappa shape index (κ1) is 22.0. The SMILES string of the molecule is CNC(CNC(=O)CC1CC(c2ccc(/C(N)=N/OC(C)=O)cc2)=NO1)C(C)=O. The number of hydrogen-bond donors (Lipinski definition) is 3. The number of amides is 1. The minimum absolute atomic E-state index is 0.0440. The van der Waals surface area contributed by atoms with E-state index in [2.05, 4.69) is 25.8 Å². The number of amidine groups is 1. The molecule has 2 rings (SSSR count). The van der Waals surface area contributed by atoms with Crippen molar-refractivity contribution in [1.82, 2.24) is 10.6 Å². The van der Waals surface area contributed by atoms with Gasteiger partial charge in [0.25, 0.3) is 0 Å². The van der Waals surface area contributed by atoms with Crippen molar-refractivity contribution in [3.05, 3.63) is 35.4 Å². The predicted octanol–water partition coefficient (Wildman–Crippen LogP) is 0.0463. The van der Waals surface area contributed by atoms with Crippen molar-refractivity contribution in [3.63, 3.8) is 0 Å². The van der Waals surface area contributed by atoms with Crippen LogP contribution in [0.25, 0.3) is 0 Å². The summed E-state index contributed by atoms with van der Waals surface area (Å²) in [7, 11) is 1.67. The van der Waals surface area contributed by atoms with Crippen LogP contribution in [0.15, 0.2) is 34.6 Å². The van der Waals surface area contributed by atoms with Crippen LogP contribution >= 0.6 is 0 Å². The average Bonchev–Trinajstić information content (AvgIpc) is 3.14. The van der Waals surface area contributed by atoms with Crippen LogP contribution in [0.3, 0.4) is 0 Å². The first-order valence-electron chi connectivity index (χ1n) is 9.09. The normalized spacial score (nSPS) is 17.1. The molecule has 0 bridgehead atoms. The largest absolute Gasteiger partial charge is 0.391 e. The van der Waals surface area contributed by atoms with E-state index in [0.717, 1.165) is 5.56 Å². The van der Waals surface area contributed by atoms with Gasteiger partial charge in [0.2, 0.25) is 5.91 Å². The summed E-state index contributed by atoms with van der Waals surface area (Å²) in [5, 5.41) is 13.2. The van der Waals surface area contributed by atoms with Crippen LogP contribution in [0.2, 0.25) is 0 Å². The molecule has 0 fully saturated rings. The smallest absolute Gasteiger partial charge is 0.332 e. The van der Waals surface area contributed by atoms with Gasteiger partial charge in [0, 0.05) is 25.5 Å². The molecule has 0 saturated heterocycles. The molecule has 156 valence electrons. The Kier molecular flexibility index (Phi) is 7.84. The lowest BCUT2D eigenvalue weighted by atomic mass is 10.0. The Bertz CT molecular complexity index is 819. The zero-order valence-corrected chi connectivity index (χ0v) is 16.6. The second kappa shape index (κ2) is 10.3. The fraction of sp³-hybridized carbons (Fsp3) is 0.421. The van der Waals surface area contributed by atoms with E-state index in [1.807, 2.05) is 0 Å². The Morgan fingerprint density at radius 2 is 2.00 bits per heavy atom. The summed E-state index contributed by atoms with van der Waals surface area (Å²) in [6.45, 7) is 2.93. The highest BCUT2D eigenvalue weighted by molar-refractivity contribution is 6.03. The summed E-state index contributed by atoms with van der Waals surface area (Å²) in [6, 6.07) is 6.62. The van der Waals surface area contributed by atoms with Crippen molar-refractivity contribution in [1.29, 1.82) is 0 Å². The average molecular weight is 403 g/mol. The van der Waals surface area contributed by atoms with Gasteiger partial charge in [-0.05, 0) is 19.5 Å². The van der Waals surface area contributed by atoms with Crippen LogP contribution < -0.4 is 16.4 Å². The third kappa shape index (κ3) is 6.68. The molecule has 1 aliphatic rings. The zero-order chi connectivity index (χ0) is 21.4. The Balaban J connectivity index is 1.86. The van der Waals surface area contributed by atoms with Crippen LogP contribution in [-0.4, -0.2) is 54.9 Å². The van der Waals surface area contributed by atoms with Gasteiger partial charge in [0.1, 0.15) is 11.9 Å². The molecule has 10 heteroatoms. The molecule has 1 aliphatic heterocycles. The number of hydrogen-bond acceptors (Lipinski definition) is 8. The fourth-order valence-electron chi connectivity index (χ4n) is 2.65. The van der Waals surface area contributed by atoms with Crippen molar-refractivity contribution >= 4 is 29.2 Å². The molecule has 0 radical (unpaired) electrons. The van der Waals surface area contributed by atoms with Crippen LogP contribution in [0, 0.1) is 0 Å². The molecule has 2 unspecified atom stereocenters. The summed E-state index contributed by atoms with van der Waals surface area (Å²) in [4.78, 5) is 44.1. The number of benzene rings is 1. The molecular formula is C19H25N5O5. The second-order valence-electron chi connectivity index (χ2n) is 6.57. The van der Waals surface area contributed by atoms with Gasteiger partial charge in [-0.1, -0.05) is 34.6 Å². The first-order chi connectivity index (χ1) is 13.8. The molecule has 4 N–H and O–H groups in total. The quantitative estimate of drug-likeness (QED) is 0.229. The molecule has 0 saturated carbocycles. The second-order valence-corrected chi connectivity index (χ2v) is 6.57. The highest BCUT2D eigenvalue weighted by atomic mass is 16.7. The molecule has 1 aromatic rings. The van der Waals surface area contributed by atoms with Gasteiger partial charge in [-0.3, -0.25) is 9.59 Å². The summed E-state index contributed by atoms with van der Waals surface area (Å²) >= 11 is 0. The van der Waals surface area contributed by atoms with Crippen molar-refractivity contribution in [3.8, 4) is 0 Å². The summed E-state index contributed by atoms with van der Waals surface area (Å²) < 4.78 is 0. The minimum atomic E-state index is -0.556. The number of carbonyl (C=O) groups is 3. The maximum absolute atomic E-state index is 12.1. The van der Waals surface area contributed by atoms with Crippen molar-refractivity contribution in [2.45, 2.75) is 38.8 Å². The molecule has 0 aromatic heterocycles. The molecule has 0 spiro atoms. The molecule has 1 aromatic carbocycles. The van der Waals surface area contributed by atoms with Gasteiger partial charge in [0.15, 0.2) is 5.84 Å². The van der Waals surface area contributed by atoms with E-state index in [4.69, 9.17) is 10.6 Å². The van der Waals surface area contributed by atoms with Gasteiger partial charge < -0.3 is 26.0 Å². The Morgan fingerprint density at radius 3 is 2.59 bits per heavy atom. The van der Waals surface area contributed by atoms with Gasteiger partial charge in [-0.15, -0.1) is 0 Å². The maximum atomic E-state index is 12.1. The number of ketones is 1. The zero-order valence-electron chi connectivity index (χ0n) is 16.6. The standard InChI is InChI=1S/C19H25N5O5/c1-11(25)17(21-3)10-22-18(27)9-15-8-16(23-29-15)13-4-6-14(7-5-13)19(20)24-28-12(2)26/h4-7,15,17,21H,8-10H2,1-3H3,(H2,20,24)(H,22,27). The molecule has 0 aliphatic carbocycles. The predicted molar refractivity (Wildman–Crippen MR) is 106 cm³/mol. The van der Waals surface area contributed by atoms with Crippen LogP contribution in [0.1, 0.15) is 37.8 Å². The van der Waals surface area contributed by atoms with E-state index < -0.39 is 12.0 Å². The number of nitrogens with zero attached hydrogens (tertiary/aromatic N) is 2. The molecule has 2 atom stereocenters. The lowest BCUT2D eigenvalue weighted by Crippen LogP contribution is -2.44. The monoisotopic (exact) mass is 403 g/mol. The Labute approximate surface area is 168 Å². The highest BCUT2D eigenvalue weighted by Crippen LogP contribution is 2.19.